The summed E-state index contributed by atoms with van der Waals surface area (Å²) in [5, 5.41) is 8.73. The highest BCUT2D eigenvalue weighted by molar-refractivity contribution is 5.98. The largest absolute Gasteiger partial charge is 0.376 e. The van der Waals surface area contributed by atoms with Gasteiger partial charge in [-0.05, 0) is 67.6 Å². The Balaban J connectivity index is 1.49. The fourth-order valence-electron chi connectivity index (χ4n) is 3.63. The van der Waals surface area contributed by atoms with E-state index in [-0.39, 0.29) is 24.3 Å². The van der Waals surface area contributed by atoms with Crippen molar-refractivity contribution in [2.24, 2.45) is 5.92 Å². The Labute approximate surface area is 189 Å². The van der Waals surface area contributed by atoms with Crippen LogP contribution in [0.2, 0.25) is 0 Å². The van der Waals surface area contributed by atoms with Crippen LogP contribution >= 0.6 is 0 Å². The van der Waals surface area contributed by atoms with Gasteiger partial charge in [0.1, 0.15) is 0 Å². The molecule has 2 aromatic carbocycles. The van der Waals surface area contributed by atoms with Gasteiger partial charge >= 0.3 is 0 Å². The first kappa shape index (κ1) is 23.3. The number of carbonyl (C=O) groups is 3. The Bertz CT molecular complexity index is 934. The summed E-state index contributed by atoms with van der Waals surface area (Å²) in [4.78, 5) is 38.7. The third-order valence-electron chi connectivity index (χ3n) is 5.56. The van der Waals surface area contributed by atoms with E-state index in [0.29, 0.717) is 23.6 Å². The van der Waals surface area contributed by atoms with E-state index < -0.39 is 0 Å². The number of hydrogen-bond acceptors (Lipinski definition) is 4. The number of benzene rings is 2. The van der Waals surface area contributed by atoms with Crippen LogP contribution in [0.3, 0.4) is 0 Å². The number of nitrogens with zero attached hydrogens (tertiary/aromatic N) is 1. The summed E-state index contributed by atoms with van der Waals surface area (Å²) >= 11 is 0. The highest BCUT2D eigenvalue weighted by Gasteiger charge is 2.21. The number of nitrogens with one attached hydrogen (secondary N) is 3. The number of hydrogen-bond donors (Lipinski definition) is 3. The number of likely N-dealkylation sites (tertiary alicyclic amines) is 1. The Morgan fingerprint density at radius 3 is 2.25 bits per heavy atom. The van der Waals surface area contributed by atoms with E-state index in [4.69, 9.17) is 0 Å². The molecule has 0 radical (unpaired) electrons. The topological polar surface area (TPSA) is 90.5 Å². The fraction of sp³-hybridized carbons (Fsp3) is 0.400. The maximum atomic E-state index is 12.8. The van der Waals surface area contributed by atoms with Gasteiger partial charge in [-0.15, -0.1) is 0 Å². The Morgan fingerprint density at radius 2 is 1.56 bits per heavy atom. The van der Waals surface area contributed by atoms with Crippen molar-refractivity contribution >= 4 is 34.8 Å². The molecule has 7 heteroatoms. The minimum atomic E-state index is -0.207. The first-order chi connectivity index (χ1) is 15.4. The van der Waals surface area contributed by atoms with Crippen LogP contribution in [0.5, 0.6) is 0 Å². The van der Waals surface area contributed by atoms with Crippen LogP contribution in [0.4, 0.5) is 17.1 Å². The molecule has 170 valence electrons. The number of carbonyl (C=O) groups excluding carboxylic acids is 3. The third kappa shape index (κ3) is 6.83. The predicted octanol–water partition coefficient (Wildman–Crippen LogP) is 4.35. The number of rotatable bonds is 8. The molecule has 0 spiro atoms. The van der Waals surface area contributed by atoms with E-state index >= 15 is 0 Å². The van der Waals surface area contributed by atoms with Crippen molar-refractivity contribution in [3.8, 4) is 0 Å². The molecule has 1 aliphatic rings. The van der Waals surface area contributed by atoms with Crippen molar-refractivity contribution in [1.82, 2.24) is 4.90 Å². The lowest BCUT2D eigenvalue weighted by Gasteiger charge is -2.30. The molecule has 7 nitrogen and oxygen atoms in total. The van der Waals surface area contributed by atoms with Gasteiger partial charge < -0.3 is 20.9 Å². The van der Waals surface area contributed by atoms with Gasteiger partial charge in [-0.3, -0.25) is 14.4 Å². The average molecular weight is 437 g/mol. The van der Waals surface area contributed by atoms with Crippen molar-refractivity contribution in [3.63, 3.8) is 0 Å². The highest BCUT2D eigenvalue weighted by Crippen LogP contribution is 2.20. The van der Waals surface area contributed by atoms with Gasteiger partial charge in [-0.2, -0.15) is 0 Å². The molecule has 1 fully saturated rings. The molecular formula is C25H32N4O3. The van der Waals surface area contributed by atoms with Crippen LogP contribution < -0.4 is 16.0 Å². The minimum absolute atomic E-state index is 0.0110. The van der Waals surface area contributed by atoms with Crippen LogP contribution in [0, 0.1) is 5.92 Å². The van der Waals surface area contributed by atoms with Gasteiger partial charge in [0.25, 0.3) is 5.91 Å². The normalized spacial score (nSPS) is 14.0. The predicted molar refractivity (Wildman–Crippen MR) is 128 cm³/mol. The van der Waals surface area contributed by atoms with E-state index in [0.717, 1.165) is 43.7 Å². The summed E-state index contributed by atoms with van der Waals surface area (Å²) in [5.41, 5.74) is 2.69. The molecule has 3 N–H and O–H groups in total. The van der Waals surface area contributed by atoms with Crippen molar-refractivity contribution in [1.29, 1.82) is 0 Å². The first-order valence-electron chi connectivity index (χ1n) is 11.3. The van der Waals surface area contributed by atoms with Crippen molar-refractivity contribution in [3.05, 3.63) is 54.1 Å². The average Bonchev–Trinajstić information content (AvgIpc) is 2.79. The maximum Gasteiger partial charge on any atom is 0.253 e. The van der Waals surface area contributed by atoms with Crippen molar-refractivity contribution in [2.75, 3.05) is 35.6 Å². The summed E-state index contributed by atoms with van der Waals surface area (Å²) in [7, 11) is 0. The van der Waals surface area contributed by atoms with E-state index in [1.165, 1.54) is 0 Å². The van der Waals surface area contributed by atoms with Crippen LogP contribution in [0.1, 0.15) is 49.9 Å². The van der Waals surface area contributed by atoms with Gasteiger partial charge in [-0.25, -0.2) is 0 Å². The zero-order chi connectivity index (χ0) is 22.9. The van der Waals surface area contributed by atoms with Crippen LogP contribution in [0.25, 0.3) is 0 Å². The lowest BCUT2D eigenvalue weighted by Crippen LogP contribution is -2.37. The molecule has 0 unspecified atom stereocenters. The maximum absolute atomic E-state index is 12.8. The Kier molecular flexibility index (Phi) is 8.25. The second-order valence-corrected chi connectivity index (χ2v) is 8.33. The first-order valence-corrected chi connectivity index (χ1v) is 11.3. The second-order valence-electron chi connectivity index (χ2n) is 8.33. The summed E-state index contributed by atoms with van der Waals surface area (Å²) in [5.74, 6) is 0.454. The SMILES string of the molecule is CCCC(=O)Nc1ccc(NCC(=O)Nc2cccc(C(=O)N3CCC(C)CC3)c2)cc1. The standard InChI is InChI=1S/C25H32N4O3/c1-3-5-23(30)27-21-10-8-20(9-11-21)26-17-24(31)28-22-7-4-6-19(16-22)25(32)29-14-12-18(2)13-15-29/h4,6-11,16,18,26H,3,5,12-15,17H2,1-2H3,(H,27,30)(H,28,31). The Morgan fingerprint density at radius 1 is 0.906 bits per heavy atom. The fourth-order valence-corrected chi connectivity index (χ4v) is 3.63. The quantitative estimate of drug-likeness (QED) is 0.574. The van der Waals surface area contributed by atoms with Gasteiger partial charge in [0.05, 0.1) is 6.54 Å². The molecule has 0 saturated carbocycles. The van der Waals surface area contributed by atoms with E-state index in [1.54, 1.807) is 36.4 Å². The zero-order valence-corrected chi connectivity index (χ0v) is 18.8. The highest BCUT2D eigenvalue weighted by atomic mass is 16.2. The van der Waals surface area contributed by atoms with Crippen molar-refractivity contribution in [2.45, 2.75) is 39.5 Å². The molecular weight excluding hydrogens is 404 g/mol. The van der Waals surface area contributed by atoms with Crippen LogP contribution in [-0.2, 0) is 9.59 Å². The molecule has 1 saturated heterocycles. The van der Waals surface area contributed by atoms with Gasteiger partial charge in [0.15, 0.2) is 0 Å². The molecule has 3 amide bonds. The summed E-state index contributed by atoms with van der Waals surface area (Å²) in [6.07, 6.45) is 3.35. The number of anilines is 3. The zero-order valence-electron chi connectivity index (χ0n) is 18.8. The van der Waals surface area contributed by atoms with Gasteiger partial charge in [0.2, 0.25) is 11.8 Å². The summed E-state index contributed by atoms with van der Waals surface area (Å²) < 4.78 is 0. The Hall–Kier alpha value is -3.35. The third-order valence-corrected chi connectivity index (χ3v) is 5.56. The lowest BCUT2D eigenvalue weighted by atomic mass is 9.98. The summed E-state index contributed by atoms with van der Waals surface area (Å²) in [6, 6.07) is 14.3. The van der Waals surface area contributed by atoms with E-state index in [1.807, 2.05) is 24.0 Å². The van der Waals surface area contributed by atoms with E-state index in [9.17, 15) is 14.4 Å². The second kappa shape index (κ2) is 11.3. The molecule has 32 heavy (non-hydrogen) atoms. The van der Waals surface area contributed by atoms with Gasteiger partial charge in [-0.1, -0.05) is 19.9 Å². The molecule has 0 atom stereocenters. The monoisotopic (exact) mass is 436 g/mol. The molecule has 1 heterocycles. The van der Waals surface area contributed by atoms with Crippen LogP contribution in [-0.4, -0.2) is 42.3 Å². The number of piperidine rings is 1. The smallest absolute Gasteiger partial charge is 0.253 e. The molecule has 0 aliphatic carbocycles. The minimum Gasteiger partial charge on any atom is -0.376 e. The molecule has 0 bridgehead atoms. The molecule has 3 rings (SSSR count). The lowest BCUT2D eigenvalue weighted by molar-refractivity contribution is -0.116. The molecule has 2 aromatic rings. The van der Waals surface area contributed by atoms with E-state index in [2.05, 4.69) is 22.9 Å². The van der Waals surface area contributed by atoms with Crippen LogP contribution in [0.15, 0.2) is 48.5 Å². The molecule has 1 aliphatic heterocycles. The van der Waals surface area contributed by atoms with Gasteiger partial charge in [0, 0.05) is 42.1 Å². The molecule has 0 aromatic heterocycles. The number of amides is 3. The summed E-state index contributed by atoms with van der Waals surface area (Å²) in [6.45, 7) is 5.82. The van der Waals surface area contributed by atoms with Crippen molar-refractivity contribution < 1.29 is 14.4 Å².